The number of anilines is 1. The van der Waals surface area contributed by atoms with Gasteiger partial charge in [-0.05, 0) is 87.6 Å². The maximum atomic E-state index is 12.6. The first-order valence-corrected chi connectivity index (χ1v) is 12.3. The number of hydrogen-bond acceptors (Lipinski definition) is 3. The minimum atomic E-state index is -0.498. The highest BCUT2D eigenvalue weighted by atomic mass is 79.9. The molecule has 0 aliphatic carbocycles. The summed E-state index contributed by atoms with van der Waals surface area (Å²) in [6.07, 6.45) is 3.82. The number of carbonyl (C=O) groups is 1. The Morgan fingerprint density at radius 1 is 1.12 bits per heavy atom. The molecule has 1 N–H and O–H groups in total. The van der Waals surface area contributed by atoms with E-state index in [1.165, 1.54) is 6.08 Å². The summed E-state index contributed by atoms with van der Waals surface area (Å²) in [7, 11) is 0. The number of nitrogens with zero attached hydrogens (tertiary/aromatic N) is 1. The first-order chi connectivity index (χ1) is 16.3. The fourth-order valence-corrected chi connectivity index (χ4v) is 4.44. The van der Waals surface area contributed by atoms with Crippen molar-refractivity contribution in [1.82, 2.24) is 0 Å². The fourth-order valence-electron chi connectivity index (χ4n) is 3.09. The Hall–Kier alpha value is -2.56. The van der Waals surface area contributed by atoms with Crippen LogP contribution in [0.25, 0.3) is 6.08 Å². The highest BCUT2D eigenvalue weighted by Gasteiger charge is 2.14. The first-order valence-electron chi connectivity index (χ1n) is 9.99. The zero-order valence-corrected chi connectivity index (χ0v) is 22.4. The number of allylic oxidation sites excluding steroid dienone is 1. The lowest BCUT2D eigenvalue weighted by Crippen LogP contribution is -2.13. The van der Waals surface area contributed by atoms with Crippen LogP contribution in [-0.2, 0) is 17.8 Å². The summed E-state index contributed by atoms with van der Waals surface area (Å²) in [6, 6.07) is 18.1. The molecule has 0 unspecified atom stereocenters. The van der Waals surface area contributed by atoms with Crippen LogP contribution in [0.5, 0.6) is 5.75 Å². The van der Waals surface area contributed by atoms with E-state index in [2.05, 4.69) is 43.8 Å². The third-order valence-corrected chi connectivity index (χ3v) is 6.45. The molecule has 0 spiro atoms. The van der Waals surface area contributed by atoms with Gasteiger partial charge in [-0.2, -0.15) is 5.26 Å². The number of halogens is 4. The van der Waals surface area contributed by atoms with E-state index < -0.39 is 5.91 Å². The third kappa shape index (κ3) is 6.97. The lowest BCUT2D eigenvalue weighted by Gasteiger charge is -2.14. The molecule has 3 rings (SSSR count). The van der Waals surface area contributed by atoms with Crippen molar-refractivity contribution in [3.8, 4) is 11.8 Å². The van der Waals surface area contributed by atoms with Gasteiger partial charge in [0.15, 0.2) is 0 Å². The lowest BCUT2D eigenvalue weighted by molar-refractivity contribution is -0.112. The molecule has 1 amide bonds. The number of nitriles is 1. The van der Waals surface area contributed by atoms with E-state index in [9.17, 15) is 10.1 Å². The highest BCUT2D eigenvalue weighted by molar-refractivity contribution is 9.10. The quantitative estimate of drug-likeness (QED) is 0.156. The van der Waals surface area contributed by atoms with Gasteiger partial charge in [0.2, 0.25) is 0 Å². The topological polar surface area (TPSA) is 62.1 Å². The fraction of sp³-hybridized carbons (Fsp3) is 0.0769. The van der Waals surface area contributed by atoms with E-state index >= 15 is 0 Å². The van der Waals surface area contributed by atoms with Gasteiger partial charge >= 0.3 is 0 Å². The molecule has 0 aliphatic heterocycles. The summed E-state index contributed by atoms with van der Waals surface area (Å²) in [5, 5.41) is 13.2. The molecule has 0 aromatic heterocycles. The normalized spacial score (nSPS) is 11.0. The van der Waals surface area contributed by atoms with Crippen molar-refractivity contribution in [3.63, 3.8) is 0 Å². The smallest absolute Gasteiger partial charge is 0.266 e. The van der Waals surface area contributed by atoms with Crippen molar-refractivity contribution < 1.29 is 9.53 Å². The van der Waals surface area contributed by atoms with E-state index in [-0.39, 0.29) is 12.2 Å². The zero-order chi connectivity index (χ0) is 24.7. The van der Waals surface area contributed by atoms with Gasteiger partial charge in [0.1, 0.15) is 24.0 Å². The summed E-state index contributed by atoms with van der Waals surface area (Å²) >= 11 is 19.0. The standard InChI is InChI=1S/C26H18Br2Cl2N2O2/c1-2-4-18-9-17(10-19(14-31)26(33)32-21-6-3-5-20(27)13-21)11-22(28)25(18)34-15-16-7-8-23(29)24(30)12-16/h2-3,5-13H,1,4,15H2,(H,32,33)/b19-10-. The molecule has 0 saturated carbocycles. The summed E-state index contributed by atoms with van der Waals surface area (Å²) < 4.78 is 7.56. The Labute approximate surface area is 225 Å². The number of rotatable bonds is 8. The predicted molar refractivity (Wildman–Crippen MR) is 145 cm³/mol. The van der Waals surface area contributed by atoms with Gasteiger partial charge in [0, 0.05) is 10.2 Å². The molecular weight excluding hydrogens is 603 g/mol. The summed E-state index contributed by atoms with van der Waals surface area (Å²) in [5.74, 6) is 0.141. The molecule has 0 aliphatic rings. The summed E-state index contributed by atoms with van der Waals surface area (Å²) in [6.45, 7) is 4.10. The Morgan fingerprint density at radius 2 is 1.91 bits per heavy atom. The average Bonchev–Trinajstić information content (AvgIpc) is 2.79. The molecule has 0 atom stereocenters. The van der Waals surface area contributed by atoms with E-state index in [4.69, 9.17) is 27.9 Å². The van der Waals surface area contributed by atoms with Gasteiger partial charge in [-0.25, -0.2) is 0 Å². The Kier molecular flexibility index (Phi) is 9.37. The van der Waals surface area contributed by atoms with Crippen molar-refractivity contribution in [2.45, 2.75) is 13.0 Å². The van der Waals surface area contributed by atoms with E-state index in [0.717, 1.165) is 15.6 Å². The molecule has 0 heterocycles. The van der Waals surface area contributed by atoms with Crippen molar-refractivity contribution >= 4 is 72.7 Å². The van der Waals surface area contributed by atoms with Gasteiger partial charge in [-0.1, -0.05) is 57.3 Å². The van der Waals surface area contributed by atoms with E-state index in [0.29, 0.717) is 37.9 Å². The molecule has 0 bridgehead atoms. The Morgan fingerprint density at radius 3 is 2.59 bits per heavy atom. The van der Waals surface area contributed by atoms with E-state index in [1.54, 1.807) is 42.5 Å². The van der Waals surface area contributed by atoms with Crippen LogP contribution in [0.4, 0.5) is 5.69 Å². The van der Waals surface area contributed by atoms with Crippen LogP contribution < -0.4 is 10.1 Å². The van der Waals surface area contributed by atoms with Gasteiger partial charge in [-0.15, -0.1) is 6.58 Å². The van der Waals surface area contributed by atoms with Crippen LogP contribution in [-0.4, -0.2) is 5.91 Å². The van der Waals surface area contributed by atoms with Crippen molar-refractivity contribution in [2.75, 3.05) is 5.32 Å². The number of carbonyl (C=O) groups excluding carboxylic acids is 1. The van der Waals surface area contributed by atoms with Crippen LogP contribution in [0.3, 0.4) is 0 Å². The SMILES string of the molecule is C=CCc1cc(/C=C(/C#N)C(=O)Nc2cccc(Br)c2)cc(Br)c1OCc1ccc(Cl)c(Cl)c1. The number of amides is 1. The molecule has 3 aromatic carbocycles. The lowest BCUT2D eigenvalue weighted by atomic mass is 10.0. The second-order valence-corrected chi connectivity index (χ2v) is 9.74. The Bertz CT molecular complexity index is 1320. The molecule has 4 nitrogen and oxygen atoms in total. The summed E-state index contributed by atoms with van der Waals surface area (Å²) in [4.78, 5) is 12.6. The number of ether oxygens (including phenoxy) is 1. The average molecular weight is 621 g/mol. The third-order valence-electron chi connectivity index (χ3n) is 4.63. The number of nitrogens with one attached hydrogen (secondary N) is 1. The largest absolute Gasteiger partial charge is 0.487 e. The molecule has 3 aromatic rings. The molecule has 172 valence electrons. The van der Waals surface area contributed by atoms with Crippen LogP contribution in [0.15, 0.2) is 81.8 Å². The maximum Gasteiger partial charge on any atom is 0.266 e. The van der Waals surface area contributed by atoms with Crippen molar-refractivity contribution in [3.05, 3.63) is 109 Å². The van der Waals surface area contributed by atoms with Gasteiger partial charge in [0.05, 0.1) is 14.5 Å². The summed E-state index contributed by atoms with van der Waals surface area (Å²) in [5.41, 5.74) is 2.94. The minimum Gasteiger partial charge on any atom is -0.487 e. The molecule has 34 heavy (non-hydrogen) atoms. The highest BCUT2D eigenvalue weighted by Crippen LogP contribution is 2.33. The minimum absolute atomic E-state index is 0.0269. The van der Waals surface area contributed by atoms with Crippen LogP contribution >= 0.6 is 55.1 Å². The first kappa shape index (κ1) is 26.1. The second kappa shape index (κ2) is 12.2. The van der Waals surface area contributed by atoms with Crippen molar-refractivity contribution in [1.29, 1.82) is 5.26 Å². The maximum absolute atomic E-state index is 12.6. The van der Waals surface area contributed by atoms with Gasteiger partial charge in [-0.3, -0.25) is 4.79 Å². The monoisotopic (exact) mass is 618 g/mol. The van der Waals surface area contributed by atoms with Crippen LogP contribution in [0, 0.1) is 11.3 Å². The molecular formula is C26H18Br2Cl2N2O2. The molecule has 8 heteroatoms. The van der Waals surface area contributed by atoms with Crippen LogP contribution in [0.2, 0.25) is 10.0 Å². The second-order valence-electron chi connectivity index (χ2n) is 7.16. The molecule has 0 fully saturated rings. The van der Waals surface area contributed by atoms with Crippen LogP contribution in [0.1, 0.15) is 16.7 Å². The van der Waals surface area contributed by atoms with E-state index in [1.807, 2.05) is 24.3 Å². The Balaban J connectivity index is 1.85. The molecule has 0 radical (unpaired) electrons. The number of benzene rings is 3. The van der Waals surface area contributed by atoms with Crippen molar-refractivity contribution in [2.24, 2.45) is 0 Å². The zero-order valence-electron chi connectivity index (χ0n) is 17.7. The predicted octanol–water partition coefficient (Wildman–Crippen LogP) is 8.37. The molecule has 0 saturated heterocycles. The van der Waals surface area contributed by atoms with Gasteiger partial charge in [0.25, 0.3) is 5.91 Å². The number of hydrogen-bond donors (Lipinski definition) is 1. The van der Waals surface area contributed by atoms with Gasteiger partial charge < -0.3 is 10.1 Å².